The zero-order valence-electron chi connectivity index (χ0n) is 15.5. The van der Waals surface area contributed by atoms with Gasteiger partial charge >= 0.3 is 0 Å². The van der Waals surface area contributed by atoms with Gasteiger partial charge in [-0.05, 0) is 32.2 Å². The van der Waals surface area contributed by atoms with Gasteiger partial charge in [0.15, 0.2) is 0 Å². The fourth-order valence-corrected chi connectivity index (χ4v) is 3.47. The van der Waals surface area contributed by atoms with E-state index in [1.165, 1.54) is 4.88 Å². The predicted molar refractivity (Wildman–Crippen MR) is 101 cm³/mol. The van der Waals surface area contributed by atoms with E-state index in [2.05, 4.69) is 15.1 Å². The van der Waals surface area contributed by atoms with Crippen molar-refractivity contribution >= 4 is 17.2 Å². The minimum absolute atomic E-state index is 0.0722. The number of hydrogen-bond donors (Lipinski definition) is 2. The molecule has 2 N–H and O–H groups in total. The van der Waals surface area contributed by atoms with Crippen molar-refractivity contribution < 1.29 is 14.6 Å². The molecule has 142 valence electrons. The summed E-state index contributed by atoms with van der Waals surface area (Å²) in [6.45, 7) is 11.4. The predicted octanol–water partition coefficient (Wildman–Crippen LogP) is 1.16. The number of aliphatic hydroxyl groups is 1. The molecule has 1 aromatic rings. The summed E-state index contributed by atoms with van der Waals surface area (Å²) < 4.78 is 5.57. The van der Waals surface area contributed by atoms with Gasteiger partial charge in [0.05, 0.1) is 25.9 Å². The molecule has 1 amide bonds. The van der Waals surface area contributed by atoms with Crippen LogP contribution >= 0.6 is 11.3 Å². The van der Waals surface area contributed by atoms with Gasteiger partial charge in [-0.25, -0.2) is 0 Å². The summed E-state index contributed by atoms with van der Waals surface area (Å²) in [6, 6.07) is 4.03. The van der Waals surface area contributed by atoms with E-state index in [0.717, 1.165) is 26.2 Å². The summed E-state index contributed by atoms with van der Waals surface area (Å²) in [5.41, 5.74) is -0.188. The topological polar surface area (TPSA) is 65.0 Å². The van der Waals surface area contributed by atoms with Crippen molar-refractivity contribution in [3.05, 3.63) is 22.4 Å². The molecule has 1 aliphatic heterocycles. The van der Waals surface area contributed by atoms with Gasteiger partial charge < -0.3 is 15.2 Å². The number of thiophene rings is 1. The number of nitrogens with zero attached hydrogens (tertiary/aromatic N) is 2. The van der Waals surface area contributed by atoms with Crippen LogP contribution in [0.1, 0.15) is 25.6 Å². The normalized spacial score (nSPS) is 18.2. The first kappa shape index (κ1) is 20.3. The molecule has 1 aromatic heterocycles. The van der Waals surface area contributed by atoms with E-state index in [1.54, 1.807) is 11.3 Å². The van der Waals surface area contributed by atoms with E-state index in [0.29, 0.717) is 26.3 Å². The Morgan fingerprint density at radius 3 is 2.60 bits per heavy atom. The van der Waals surface area contributed by atoms with Gasteiger partial charge in [0.2, 0.25) is 5.91 Å². The zero-order chi connectivity index (χ0) is 18.3. The quantitative estimate of drug-likeness (QED) is 0.720. The van der Waals surface area contributed by atoms with E-state index < -0.39 is 6.10 Å². The van der Waals surface area contributed by atoms with Crippen molar-refractivity contribution in [1.82, 2.24) is 15.1 Å². The van der Waals surface area contributed by atoms with Crippen molar-refractivity contribution in [3.8, 4) is 0 Å². The summed E-state index contributed by atoms with van der Waals surface area (Å²) in [6.07, 6.45) is -0.476. The summed E-state index contributed by atoms with van der Waals surface area (Å²) >= 11 is 1.66. The van der Waals surface area contributed by atoms with Gasteiger partial charge in [0, 0.05) is 43.1 Å². The Hall–Kier alpha value is -0.990. The van der Waals surface area contributed by atoms with Crippen LogP contribution in [-0.2, 0) is 16.1 Å². The second kappa shape index (κ2) is 9.64. The van der Waals surface area contributed by atoms with Crippen LogP contribution in [-0.4, -0.2) is 78.3 Å². The molecule has 0 spiro atoms. The van der Waals surface area contributed by atoms with Gasteiger partial charge in [0.1, 0.15) is 0 Å². The highest BCUT2D eigenvalue weighted by Gasteiger charge is 2.22. The van der Waals surface area contributed by atoms with Gasteiger partial charge in [-0.3, -0.25) is 14.6 Å². The van der Waals surface area contributed by atoms with Crippen LogP contribution in [0.3, 0.4) is 0 Å². The average molecular weight is 370 g/mol. The molecule has 1 aliphatic rings. The fraction of sp³-hybridized carbons (Fsp3) is 0.722. The molecule has 6 nitrogen and oxygen atoms in total. The Kier molecular flexibility index (Phi) is 7.83. The second-order valence-electron chi connectivity index (χ2n) is 7.62. The van der Waals surface area contributed by atoms with Crippen molar-refractivity contribution in [2.24, 2.45) is 0 Å². The number of carbonyl (C=O) groups is 1. The highest BCUT2D eigenvalue weighted by molar-refractivity contribution is 7.09. The molecule has 0 aliphatic carbocycles. The van der Waals surface area contributed by atoms with E-state index in [9.17, 15) is 9.90 Å². The maximum atomic E-state index is 12.0. The number of hydrogen-bond acceptors (Lipinski definition) is 6. The molecule has 1 atom stereocenters. The van der Waals surface area contributed by atoms with E-state index in [4.69, 9.17) is 4.74 Å². The summed E-state index contributed by atoms with van der Waals surface area (Å²) in [5, 5.41) is 15.1. The van der Waals surface area contributed by atoms with Gasteiger partial charge in [-0.1, -0.05) is 6.07 Å². The molecular weight excluding hydrogens is 338 g/mol. The number of β-amino-alcohol motifs (C(OH)–C–C–N with tert-alkyl or cyclic N) is 1. The molecule has 1 unspecified atom stereocenters. The Labute approximate surface area is 154 Å². The number of aliphatic hydroxyl groups excluding tert-OH is 1. The lowest BCUT2D eigenvalue weighted by molar-refractivity contribution is -0.124. The maximum absolute atomic E-state index is 12.0. The number of amides is 1. The third-order valence-electron chi connectivity index (χ3n) is 3.95. The molecule has 7 heteroatoms. The number of nitrogens with one attached hydrogen (secondary N) is 1. The molecular formula is C18H31N3O3S. The number of rotatable bonds is 8. The molecule has 2 rings (SSSR count). The van der Waals surface area contributed by atoms with Crippen LogP contribution in [0, 0.1) is 0 Å². The number of ether oxygens (including phenoxy) is 1. The first-order chi connectivity index (χ1) is 11.8. The highest BCUT2D eigenvalue weighted by atomic mass is 32.1. The van der Waals surface area contributed by atoms with Crippen LogP contribution in [0.15, 0.2) is 17.5 Å². The number of piperazine rings is 1. The monoisotopic (exact) mass is 369 g/mol. The number of carbonyl (C=O) groups excluding carboxylic acids is 1. The lowest BCUT2D eigenvalue weighted by atomic mass is 10.1. The van der Waals surface area contributed by atoms with Crippen molar-refractivity contribution in [3.63, 3.8) is 0 Å². The Morgan fingerprint density at radius 2 is 2.00 bits per heavy atom. The Morgan fingerprint density at radius 1 is 1.32 bits per heavy atom. The Balaban J connectivity index is 1.59. The molecule has 1 saturated heterocycles. The molecule has 1 fully saturated rings. The van der Waals surface area contributed by atoms with Crippen LogP contribution in [0.25, 0.3) is 0 Å². The minimum Gasteiger partial charge on any atom is -0.389 e. The van der Waals surface area contributed by atoms with E-state index in [-0.39, 0.29) is 11.4 Å². The molecule has 0 aromatic carbocycles. The lowest BCUT2D eigenvalue weighted by Gasteiger charge is -2.35. The minimum atomic E-state index is -0.476. The smallest absolute Gasteiger partial charge is 0.234 e. The second-order valence-corrected chi connectivity index (χ2v) is 8.66. The van der Waals surface area contributed by atoms with Crippen LogP contribution in [0.4, 0.5) is 0 Å². The van der Waals surface area contributed by atoms with Crippen LogP contribution in [0.2, 0.25) is 0 Å². The van der Waals surface area contributed by atoms with Crippen molar-refractivity contribution in [1.29, 1.82) is 0 Å². The zero-order valence-corrected chi connectivity index (χ0v) is 16.3. The molecule has 25 heavy (non-hydrogen) atoms. The molecule has 0 radical (unpaired) electrons. The standard InChI is InChI=1S/C18H31N3O3S/c1-18(2,3)19-17(23)12-21-8-6-20(7-9-21)11-15(22)13-24-14-16-5-4-10-25-16/h4-5,10,15,22H,6-9,11-14H2,1-3H3,(H,19,23). The third-order valence-corrected chi connectivity index (χ3v) is 4.80. The Bertz CT molecular complexity index is 508. The van der Waals surface area contributed by atoms with E-state index in [1.807, 2.05) is 38.3 Å². The van der Waals surface area contributed by atoms with Crippen LogP contribution in [0.5, 0.6) is 0 Å². The van der Waals surface area contributed by atoms with Crippen molar-refractivity contribution in [2.45, 2.75) is 39.0 Å². The largest absolute Gasteiger partial charge is 0.389 e. The third kappa shape index (κ3) is 8.29. The summed E-state index contributed by atoms with van der Waals surface area (Å²) in [4.78, 5) is 17.6. The van der Waals surface area contributed by atoms with E-state index >= 15 is 0 Å². The summed E-state index contributed by atoms with van der Waals surface area (Å²) in [5.74, 6) is 0.0722. The average Bonchev–Trinajstić information content (AvgIpc) is 3.00. The van der Waals surface area contributed by atoms with Gasteiger partial charge in [-0.2, -0.15) is 0 Å². The fourth-order valence-electron chi connectivity index (χ4n) is 2.83. The van der Waals surface area contributed by atoms with Crippen LogP contribution < -0.4 is 5.32 Å². The maximum Gasteiger partial charge on any atom is 0.234 e. The first-order valence-electron chi connectivity index (χ1n) is 8.86. The lowest BCUT2D eigenvalue weighted by Crippen LogP contribution is -2.52. The SMILES string of the molecule is CC(C)(C)NC(=O)CN1CCN(CC(O)COCc2cccs2)CC1. The summed E-state index contributed by atoms with van der Waals surface area (Å²) in [7, 11) is 0. The first-order valence-corrected chi connectivity index (χ1v) is 9.74. The molecule has 0 bridgehead atoms. The van der Waals surface area contributed by atoms with Gasteiger partial charge in [-0.15, -0.1) is 11.3 Å². The highest BCUT2D eigenvalue weighted by Crippen LogP contribution is 2.10. The molecule has 2 heterocycles. The molecule has 0 saturated carbocycles. The van der Waals surface area contributed by atoms with Gasteiger partial charge in [0.25, 0.3) is 0 Å². The van der Waals surface area contributed by atoms with Crippen molar-refractivity contribution in [2.75, 3.05) is 45.9 Å².